The molecule has 1 fully saturated rings. The molecule has 0 aliphatic carbocycles. The molecule has 1 atom stereocenters. The van der Waals surface area contributed by atoms with Gasteiger partial charge in [-0.1, -0.05) is 20.8 Å². The second kappa shape index (κ2) is 5.23. The van der Waals surface area contributed by atoms with Gasteiger partial charge in [-0.3, -0.25) is 0 Å². The molecule has 0 aromatic carbocycles. The lowest BCUT2D eigenvalue weighted by molar-refractivity contribution is 0.220. The van der Waals surface area contributed by atoms with E-state index in [1.807, 2.05) is 6.07 Å². The quantitative estimate of drug-likeness (QED) is 0.812. The summed E-state index contributed by atoms with van der Waals surface area (Å²) in [5, 5.41) is 0. The Kier molecular flexibility index (Phi) is 3.83. The molecule has 4 N–H and O–H groups in total. The first kappa shape index (κ1) is 13.9. The Hall–Kier alpha value is -1.52. The van der Waals surface area contributed by atoms with Crippen LogP contribution in [0, 0.1) is 11.3 Å². The van der Waals surface area contributed by atoms with Crippen LogP contribution in [-0.4, -0.2) is 23.1 Å². The molecule has 0 radical (unpaired) electrons. The Labute approximate surface area is 115 Å². The monoisotopic (exact) mass is 263 g/mol. The number of nitrogens with two attached hydrogens (primary N) is 2. The van der Waals surface area contributed by atoms with Crippen molar-refractivity contribution in [2.75, 3.05) is 29.5 Å². The van der Waals surface area contributed by atoms with Crippen LogP contribution in [0.4, 0.5) is 17.6 Å². The van der Waals surface area contributed by atoms with E-state index in [-0.39, 0.29) is 5.95 Å². The Balaban J connectivity index is 2.11. The van der Waals surface area contributed by atoms with Crippen molar-refractivity contribution in [2.24, 2.45) is 11.3 Å². The standard InChI is InChI=1S/C14H25N5/c1-14(2,3)10-5-4-7-19(8-6-10)12-9-11(15)17-13(16)18-12/h9-10H,4-8H2,1-3H3,(H4,15,16,17,18). The van der Waals surface area contributed by atoms with Crippen molar-refractivity contribution in [3.63, 3.8) is 0 Å². The lowest BCUT2D eigenvalue weighted by Crippen LogP contribution is -2.27. The Morgan fingerprint density at radius 1 is 1.16 bits per heavy atom. The fraction of sp³-hybridized carbons (Fsp3) is 0.714. The largest absolute Gasteiger partial charge is 0.383 e. The average Bonchev–Trinajstić information content (AvgIpc) is 2.52. The van der Waals surface area contributed by atoms with E-state index in [1.54, 1.807) is 0 Å². The lowest BCUT2D eigenvalue weighted by Gasteiger charge is -2.29. The highest BCUT2D eigenvalue weighted by Crippen LogP contribution is 2.35. The highest BCUT2D eigenvalue weighted by atomic mass is 15.2. The molecule has 0 bridgehead atoms. The summed E-state index contributed by atoms with van der Waals surface area (Å²) in [6, 6.07) is 1.81. The van der Waals surface area contributed by atoms with Crippen LogP contribution in [0.1, 0.15) is 40.0 Å². The zero-order valence-electron chi connectivity index (χ0n) is 12.2. The number of hydrogen-bond donors (Lipinski definition) is 2. The molecule has 5 heteroatoms. The number of nitrogens with zero attached hydrogens (tertiary/aromatic N) is 3. The van der Waals surface area contributed by atoms with Gasteiger partial charge in [-0.2, -0.15) is 9.97 Å². The van der Waals surface area contributed by atoms with Crippen molar-refractivity contribution in [1.29, 1.82) is 0 Å². The molecule has 2 rings (SSSR count). The van der Waals surface area contributed by atoms with E-state index in [0.717, 1.165) is 24.8 Å². The maximum atomic E-state index is 5.74. The van der Waals surface area contributed by atoms with Crippen LogP contribution in [0.15, 0.2) is 6.07 Å². The van der Waals surface area contributed by atoms with Crippen LogP contribution in [0.5, 0.6) is 0 Å². The van der Waals surface area contributed by atoms with Gasteiger partial charge in [0.2, 0.25) is 5.95 Å². The van der Waals surface area contributed by atoms with E-state index in [2.05, 4.69) is 35.6 Å². The van der Waals surface area contributed by atoms with Crippen molar-refractivity contribution in [3.05, 3.63) is 6.07 Å². The molecule has 5 nitrogen and oxygen atoms in total. The Morgan fingerprint density at radius 3 is 2.53 bits per heavy atom. The molecule has 1 unspecified atom stereocenters. The minimum absolute atomic E-state index is 0.256. The topological polar surface area (TPSA) is 81.1 Å². The van der Waals surface area contributed by atoms with Crippen molar-refractivity contribution in [1.82, 2.24) is 9.97 Å². The molecule has 0 saturated carbocycles. The van der Waals surface area contributed by atoms with Crippen molar-refractivity contribution >= 4 is 17.6 Å². The van der Waals surface area contributed by atoms with Gasteiger partial charge in [-0.15, -0.1) is 0 Å². The fourth-order valence-electron chi connectivity index (χ4n) is 2.82. The molecule has 1 aromatic heterocycles. The van der Waals surface area contributed by atoms with Crippen LogP contribution in [0.2, 0.25) is 0 Å². The average molecular weight is 263 g/mol. The van der Waals surface area contributed by atoms with E-state index >= 15 is 0 Å². The molecule has 1 aliphatic heterocycles. The van der Waals surface area contributed by atoms with Crippen molar-refractivity contribution in [2.45, 2.75) is 40.0 Å². The summed E-state index contributed by atoms with van der Waals surface area (Å²) in [6.45, 7) is 9.01. The van der Waals surface area contributed by atoms with Gasteiger partial charge < -0.3 is 16.4 Å². The predicted molar refractivity (Wildman–Crippen MR) is 79.9 cm³/mol. The van der Waals surface area contributed by atoms with E-state index in [4.69, 9.17) is 11.5 Å². The summed E-state index contributed by atoms with van der Waals surface area (Å²) < 4.78 is 0. The first-order valence-electron chi connectivity index (χ1n) is 7.01. The van der Waals surface area contributed by atoms with Gasteiger partial charge in [-0.05, 0) is 30.6 Å². The van der Waals surface area contributed by atoms with Crippen LogP contribution >= 0.6 is 0 Å². The first-order chi connectivity index (χ1) is 8.86. The van der Waals surface area contributed by atoms with Gasteiger partial charge in [0.1, 0.15) is 11.6 Å². The van der Waals surface area contributed by atoms with E-state index < -0.39 is 0 Å². The smallest absolute Gasteiger partial charge is 0.223 e. The third kappa shape index (κ3) is 3.49. The summed E-state index contributed by atoms with van der Waals surface area (Å²) in [6.07, 6.45) is 3.65. The van der Waals surface area contributed by atoms with Gasteiger partial charge >= 0.3 is 0 Å². The highest BCUT2D eigenvalue weighted by molar-refractivity contribution is 5.50. The summed E-state index contributed by atoms with van der Waals surface area (Å²) in [4.78, 5) is 10.5. The summed E-state index contributed by atoms with van der Waals surface area (Å²) >= 11 is 0. The first-order valence-corrected chi connectivity index (χ1v) is 7.01. The second-order valence-corrected chi connectivity index (χ2v) is 6.49. The number of anilines is 3. The molecule has 1 aliphatic rings. The molecule has 19 heavy (non-hydrogen) atoms. The highest BCUT2D eigenvalue weighted by Gasteiger charge is 2.27. The predicted octanol–water partition coefficient (Wildman–Crippen LogP) is 2.29. The van der Waals surface area contributed by atoms with Gasteiger partial charge in [0.15, 0.2) is 0 Å². The van der Waals surface area contributed by atoms with Gasteiger partial charge in [0.25, 0.3) is 0 Å². The Morgan fingerprint density at radius 2 is 1.89 bits per heavy atom. The summed E-state index contributed by atoms with van der Waals surface area (Å²) in [5.41, 5.74) is 11.8. The van der Waals surface area contributed by atoms with Gasteiger partial charge in [0, 0.05) is 19.2 Å². The lowest BCUT2D eigenvalue weighted by atomic mass is 9.77. The molecule has 0 amide bonds. The SMILES string of the molecule is CC(C)(C)C1CCCN(c2cc(N)nc(N)n2)CC1. The van der Waals surface area contributed by atoms with E-state index in [1.165, 1.54) is 19.3 Å². The maximum absolute atomic E-state index is 5.74. The minimum atomic E-state index is 0.256. The molecule has 2 heterocycles. The van der Waals surface area contributed by atoms with Crippen LogP contribution < -0.4 is 16.4 Å². The third-order valence-electron chi connectivity index (χ3n) is 4.03. The second-order valence-electron chi connectivity index (χ2n) is 6.49. The molecule has 0 spiro atoms. The van der Waals surface area contributed by atoms with Gasteiger partial charge in [0.05, 0.1) is 0 Å². The van der Waals surface area contributed by atoms with Crippen molar-refractivity contribution < 1.29 is 0 Å². The fourth-order valence-corrected chi connectivity index (χ4v) is 2.82. The molecule has 106 valence electrons. The third-order valence-corrected chi connectivity index (χ3v) is 4.03. The molecule has 1 aromatic rings. The van der Waals surface area contributed by atoms with Crippen LogP contribution in [0.3, 0.4) is 0 Å². The summed E-state index contributed by atoms with van der Waals surface area (Å²) in [5.74, 6) is 2.32. The number of aromatic nitrogens is 2. The Bertz CT molecular complexity index is 418. The molecular weight excluding hydrogens is 238 g/mol. The van der Waals surface area contributed by atoms with E-state index in [0.29, 0.717) is 11.2 Å². The van der Waals surface area contributed by atoms with Crippen molar-refractivity contribution in [3.8, 4) is 0 Å². The molecular formula is C14H25N5. The summed E-state index contributed by atoms with van der Waals surface area (Å²) in [7, 11) is 0. The molecule has 1 saturated heterocycles. The van der Waals surface area contributed by atoms with E-state index in [9.17, 15) is 0 Å². The maximum Gasteiger partial charge on any atom is 0.223 e. The van der Waals surface area contributed by atoms with Gasteiger partial charge in [-0.25, -0.2) is 0 Å². The zero-order valence-corrected chi connectivity index (χ0v) is 12.2. The number of nitrogen functional groups attached to an aromatic ring is 2. The number of rotatable bonds is 1. The zero-order chi connectivity index (χ0) is 14.0. The van der Waals surface area contributed by atoms with Crippen LogP contribution in [0.25, 0.3) is 0 Å². The number of hydrogen-bond acceptors (Lipinski definition) is 5. The normalized spacial score (nSPS) is 21.2. The van der Waals surface area contributed by atoms with Crippen LogP contribution in [-0.2, 0) is 0 Å². The minimum Gasteiger partial charge on any atom is -0.383 e.